The molecule has 0 radical (unpaired) electrons. The molecule has 2 aromatic rings. The van der Waals surface area contributed by atoms with Gasteiger partial charge in [-0.25, -0.2) is 13.2 Å². The summed E-state index contributed by atoms with van der Waals surface area (Å²) in [6.45, 7) is 1.86. The minimum atomic E-state index is -0.919. The molecule has 0 heterocycles. The van der Waals surface area contributed by atoms with Gasteiger partial charge in [-0.15, -0.1) is 0 Å². The van der Waals surface area contributed by atoms with Crippen LogP contribution in [0, 0.1) is 17.5 Å². The maximum Gasteiger partial charge on any atom is 0.307 e. The van der Waals surface area contributed by atoms with E-state index in [-0.39, 0.29) is 24.2 Å². The van der Waals surface area contributed by atoms with Crippen molar-refractivity contribution >= 4 is 5.97 Å². The summed E-state index contributed by atoms with van der Waals surface area (Å²) in [6.07, 6.45) is -0.194. The summed E-state index contributed by atoms with van der Waals surface area (Å²) in [5.74, 6) is -2.61. The smallest absolute Gasteiger partial charge is 0.307 e. The average molecular weight is 323 g/mol. The molecule has 2 N–H and O–H groups in total. The molecular formula is C17H16F3NO2. The number of esters is 1. The zero-order valence-corrected chi connectivity index (χ0v) is 12.5. The molecule has 2 rings (SSSR count). The molecule has 23 heavy (non-hydrogen) atoms. The zero-order valence-electron chi connectivity index (χ0n) is 12.5. The minimum Gasteiger partial charge on any atom is -0.466 e. The molecule has 3 nitrogen and oxygen atoms in total. The molecule has 0 saturated heterocycles. The fourth-order valence-corrected chi connectivity index (χ4v) is 2.23. The second-order valence-electron chi connectivity index (χ2n) is 4.98. The molecule has 0 aliphatic heterocycles. The van der Waals surface area contributed by atoms with Crippen LogP contribution >= 0.6 is 0 Å². The van der Waals surface area contributed by atoms with Crippen LogP contribution in [0.1, 0.15) is 24.9 Å². The van der Waals surface area contributed by atoms with Gasteiger partial charge in [0.15, 0.2) is 0 Å². The molecule has 122 valence electrons. The number of halogens is 3. The molecule has 0 aliphatic carbocycles. The van der Waals surface area contributed by atoms with Crippen molar-refractivity contribution in [1.82, 2.24) is 0 Å². The Morgan fingerprint density at radius 3 is 2.52 bits per heavy atom. The van der Waals surface area contributed by atoms with Crippen molar-refractivity contribution in [1.29, 1.82) is 0 Å². The third kappa shape index (κ3) is 4.10. The predicted molar refractivity (Wildman–Crippen MR) is 79.9 cm³/mol. The van der Waals surface area contributed by atoms with Crippen LogP contribution in [0.15, 0.2) is 36.4 Å². The highest BCUT2D eigenvalue weighted by Crippen LogP contribution is 2.28. The van der Waals surface area contributed by atoms with Crippen molar-refractivity contribution in [3.8, 4) is 11.1 Å². The number of nitrogens with two attached hydrogens (primary N) is 1. The number of hydrogen-bond donors (Lipinski definition) is 1. The van der Waals surface area contributed by atoms with Gasteiger partial charge in [-0.05, 0) is 36.8 Å². The van der Waals surface area contributed by atoms with Crippen molar-refractivity contribution in [2.45, 2.75) is 19.4 Å². The van der Waals surface area contributed by atoms with E-state index < -0.39 is 29.5 Å². The highest BCUT2D eigenvalue weighted by molar-refractivity contribution is 5.71. The fraction of sp³-hybridized carbons (Fsp3) is 0.235. The van der Waals surface area contributed by atoms with Crippen LogP contribution in [-0.4, -0.2) is 12.6 Å². The van der Waals surface area contributed by atoms with Gasteiger partial charge in [-0.2, -0.15) is 0 Å². The van der Waals surface area contributed by atoms with Gasteiger partial charge in [0, 0.05) is 23.2 Å². The largest absolute Gasteiger partial charge is 0.466 e. The molecule has 0 aliphatic rings. The summed E-state index contributed by atoms with van der Waals surface area (Å²) in [6, 6.07) is 6.06. The van der Waals surface area contributed by atoms with Crippen LogP contribution < -0.4 is 5.73 Å². The first-order valence-corrected chi connectivity index (χ1v) is 7.08. The normalized spacial score (nSPS) is 12.0. The monoisotopic (exact) mass is 323 g/mol. The standard InChI is InChI=1S/C17H16F3NO2/c1-2-23-17(22)9-16(21)13-7-10(3-6-14(13)19)12-5-4-11(18)8-15(12)20/h3-8,16H,2,9,21H2,1H3/t16-/m0/s1. The van der Waals surface area contributed by atoms with E-state index in [1.807, 2.05) is 0 Å². The van der Waals surface area contributed by atoms with Crippen molar-refractivity contribution < 1.29 is 22.7 Å². The molecule has 0 bridgehead atoms. The van der Waals surface area contributed by atoms with E-state index in [4.69, 9.17) is 10.5 Å². The van der Waals surface area contributed by atoms with Gasteiger partial charge in [0.25, 0.3) is 0 Å². The number of benzene rings is 2. The van der Waals surface area contributed by atoms with Crippen LogP contribution in [0.25, 0.3) is 11.1 Å². The van der Waals surface area contributed by atoms with Crippen LogP contribution in [0.2, 0.25) is 0 Å². The molecule has 0 spiro atoms. The molecule has 0 aromatic heterocycles. The highest BCUT2D eigenvalue weighted by Gasteiger charge is 2.18. The summed E-state index contributed by atoms with van der Waals surface area (Å²) < 4.78 is 45.5. The van der Waals surface area contributed by atoms with Crippen molar-refractivity contribution in [3.05, 3.63) is 59.4 Å². The molecule has 0 unspecified atom stereocenters. The lowest BCUT2D eigenvalue weighted by molar-refractivity contribution is -0.143. The van der Waals surface area contributed by atoms with E-state index in [2.05, 4.69) is 0 Å². The molecule has 2 aromatic carbocycles. The Hall–Kier alpha value is -2.34. The van der Waals surface area contributed by atoms with Crippen LogP contribution in [0.3, 0.4) is 0 Å². The zero-order chi connectivity index (χ0) is 17.0. The van der Waals surface area contributed by atoms with E-state index in [9.17, 15) is 18.0 Å². The van der Waals surface area contributed by atoms with E-state index in [1.165, 1.54) is 18.2 Å². The summed E-state index contributed by atoms with van der Waals surface area (Å²) >= 11 is 0. The number of rotatable bonds is 5. The fourth-order valence-electron chi connectivity index (χ4n) is 2.23. The Kier molecular flexibility index (Phi) is 5.39. The third-order valence-corrected chi connectivity index (χ3v) is 3.33. The van der Waals surface area contributed by atoms with Crippen LogP contribution in [-0.2, 0) is 9.53 Å². The molecular weight excluding hydrogens is 307 g/mol. The molecule has 0 amide bonds. The Morgan fingerprint density at radius 1 is 1.13 bits per heavy atom. The van der Waals surface area contributed by atoms with Gasteiger partial charge in [-0.1, -0.05) is 6.07 Å². The van der Waals surface area contributed by atoms with E-state index in [0.29, 0.717) is 5.56 Å². The second kappa shape index (κ2) is 7.28. The Morgan fingerprint density at radius 2 is 1.87 bits per heavy atom. The van der Waals surface area contributed by atoms with Crippen LogP contribution in [0.4, 0.5) is 13.2 Å². The first kappa shape index (κ1) is 17.0. The van der Waals surface area contributed by atoms with Crippen molar-refractivity contribution in [3.63, 3.8) is 0 Å². The molecule has 0 fully saturated rings. The quantitative estimate of drug-likeness (QED) is 0.853. The summed E-state index contributed by atoms with van der Waals surface area (Å²) in [5.41, 5.74) is 6.38. The number of carbonyl (C=O) groups excluding carboxylic acids is 1. The van der Waals surface area contributed by atoms with Gasteiger partial charge in [0.2, 0.25) is 0 Å². The number of ether oxygens (including phenoxy) is 1. The average Bonchev–Trinajstić information content (AvgIpc) is 2.48. The number of carbonyl (C=O) groups is 1. The molecule has 6 heteroatoms. The van der Waals surface area contributed by atoms with Gasteiger partial charge in [0.1, 0.15) is 17.5 Å². The van der Waals surface area contributed by atoms with E-state index in [1.54, 1.807) is 6.92 Å². The first-order valence-electron chi connectivity index (χ1n) is 7.08. The topological polar surface area (TPSA) is 52.3 Å². The maximum atomic E-state index is 14.0. The minimum absolute atomic E-state index is 0.0688. The first-order chi connectivity index (χ1) is 10.9. The van der Waals surface area contributed by atoms with Gasteiger partial charge < -0.3 is 10.5 Å². The van der Waals surface area contributed by atoms with Gasteiger partial charge in [-0.3, -0.25) is 4.79 Å². The lowest BCUT2D eigenvalue weighted by Crippen LogP contribution is -2.18. The second-order valence-corrected chi connectivity index (χ2v) is 4.98. The maximum absolute atomic E-state index is 14.0. The predicted octanol–water partition coefficient (Wildman–Crippen LogP) is 3.72. The van der Waals surface area contributed by atoms with Crippen molar-refractivity contribution in [2.75, 3.05) is 6.61 Å². The molecule has 0 saturated carbocycles. The van der Waals surface area contributed by atoms with E-state index in [0.717, 1.165) is 18.2 Å². The molecule has 1 atom stereocenters. The Balaban J connectivity index is 2.33. The highest BCUT2D eigenvalue weighted by atomic mass is 19.1. The Labute approximate surface area is 131 Å². The summed E-state index contributed by atoms with van der Waals surface area (Å²) in [4.78, 5) is 11.5. The van der Waals surface area contributed by atoms with Gasteiger partial charge in [0.05, 0.1) is 13.0 Å². The number of hydrogen-bond acceptors (Lipinski definition) is 3. The van der Waals surface area contributed by atoms with Gasteiger partial charge >= 0.3 is 5.97 Å². The lowest BCUT2D eigenvalue weighted by atomic mass is 9.97. The van der Waals surface area contributed by atoms with Crippen LogP contribution in [0.5, 0.6) is 0 Å². The lowest BCUT2D eigenvalue weighted by Gasteiger charge is -2.14. The van der Waals surface area contributed by atoms with E-state index >= 15 is 0 Å². The van der Waals surface area contributed by atoms with Crippen molar-refractivity contribution in [2.24, 2.45) is 5.73 Å². The summed E-state index contributed by atoms with van der Waals surface area (Å²) in [5, 5.41) is 0. The summed E-state index contributed by atoms with van der Waals surface area (Å²) in [7, 11) is 0. The third-order valence-electron chi connectivity index (χ3n) is 3.33. The Bertz CT molecular complexity index is 719. The SMILES string of the molecule is CCOC(=O)C[C@H](N)c1cc(-c2ccc(F)cc2F)ccc1F.